The molecule has 140 valence electrons. The number of nitrogens with zero attached hydrogens (tertiary/aromatic N) is 2. The molecule has 0 unspecified atom stereocenters. The number of nitriles is 1. The van der Waals surface area contributed by atoms with Crippen LogP contribution < -0.4 is 15.5 Å². The van der Waals surface area contributed by atoms with Crippen LogP contribution in [0.2, 0.25) is 5.02 Å². The summed E-state index contributed by atoms with van der Waals surface area (Å²) in [6, 6.07) is 5.97. The molecule has 0 radical (unpaired) electrons. The molecule has 2 heterocycles. The van der Waals surface area contributed by atoms with Crippen LogP contribution in [0.15, 0.2) is 12.1 Å². The third-order valence-electron chi connectivity index (χ3n) is 4.76. The average molecular weight is 377 g/mol. The van der Waals surface area contributed by atoms with Crippen LogP contribution >= 0.6 is 11.6 Å². The Bertz CT molecular complexity index is 724. The number of hydrogen-bond acceptors (Lipinski definition) is 5. The van der Waals surface area contributed by atoms with Gasteiger partial charge in [0.2, 0.25) is 0 Å². The Labute approximate surface area is 159 Å². The molecule has 6 nitrogen and oxygen atoms in total. The van der Waals surface area contributed by atoms with Gasteiger partial charge in [-0.1, -0.05) is 11.6 Å². The summed E-state index contributed by atoms with van der Waals surface area (Å²) < 4.78 is 5.30. The van der Waals surface area contributed by atoms with E-state index in [1.54, 1.807) is 32.9 Å². The maximum Gasteiger partial charge on any atom is 0.412 e. The van der Waals surface area contributed by atoms with Gasteiger partial charge in [-0.25, -0.2) is 4.79 Å². The normalized spacial score (nSPS) is 22.5. The number of piperidine rings is 1. The molecule has 26 heavy (non-hydrogen) atoms. The van der Waals surface area contributed by atoms with E-state index in [9.17, 15) is 10.1 Å². The number of fused-ring (bicyclic) bond motifs is 1. The summed E-state index contributed by atoms with van der Waals surface area (Å²) in [4.78, 5) is 14.3. The zero-order valence-corrected chi connectivity index (χ0v) is 16.2. The minimum absolute atomic E-state index is 0.401. The Hall–Kier alpha value is -1.97. The number of hydrogen-bond donors (Lipinski definition) is 2. The number of halogens is 1. The van der Waals surface area contributed by atoms with Crippen LogP contribution in [0.1, 0.15) is 39.2 Å². The van der Waals surface area contributed by atoms with Gasteiger partial charge in [0, 0.05) is 19.1 Å². The molecule has 2 aliphatic rings. The molecular weight excluding hydrogens is 352 g/mol. The number of amides is 1. The third kappa shape index (κ3) is 4.22. The minimum atomic E-state index is -0.609. The first kappa shape index (κ1) is 18.8. The van der Waals surface area contributed by atoms with Crippen LogP contribution in [0.25, 0.3) is 0 Å². The van der Waals surface area contributed by atoms with Crippen molar-refractivity contribution in [2.75, 3.05) is 29.9 Å². The van der Waals surface area contributed by atoms with Gasteiger partial charge in [0.25, 0.3) is 0 Å². The topological polar surface area (TPSA) is 77.4 Å². The van der Waals surface area contributed by atoms with Gasteiger partial charge in [-0.3, -0.25) is 5.32 Å². The quantitative estimate of drug-likeness (QED) is 0.822. The maximum absolute atomic E-state index is 12.1. The molecule has 0 saturated carbocycles. The number of nitrogens with one attached hydrogen (secondary N) is 2. The molecule has 2 fully saturated rings. The fourth-order valence-electron chi connectivity index (χ4n) is 3.65. The molecule has 2 aliphatic heterocycles. The molecule has 1 amide bonds. The minimum Gasteiger partial charge on any atom is -0.444 e. The molecule has 2 saturated heterocycles. The monoisotopic (exact) mass is 376 g/mol. The Morgan fingerprint density at radius 3 is 2.85 bits per heavy atom. The molecule has 0 aromatic heterocycles. The zero-order chi connectivity index (χ0) is 18.9. The van der Waals surface area contributed by atoms with Crippen molar-refractivity contribution in [3.63, 3.8) is 0 Å². The lowest BCUT2D eigenvalue weighted by Crippen LogP contribution is -2.40. The maximum atomic E-state index is 12.1. The number of carbonyl (C=O) groups excluding carboxylic acids is 1. The lowest BCUT2D eigenvalue weighted by atomic mass is 9.94. The summed E-state index contributed by atoms with van der Waals surface area (Å²) in [7, 11) is 0. The first-order chi connectivity index (χ1) is 12.3. The fraction of sp³-hybridized carbons (Fsp3) is 0.579. The summed E-state index contributed by atoms with van der Waals surface area (Å²) in [5, 5.41) is 16.1. The Kier molecular flexibility index (Phi) is 5.31. The van der Waals surface area contributed by atoms with E-state index in [1.165, 1.54) is 12.8 Å². The SMILES string of the molecule is CC(C)(C)OC(=O)Nc1cc(C#N)cc(N2C[C@@H]3CCCN[C@@H]3C2)c1Cl. The molecule has 0 aliphatic carbocycles. The van der Waals surface area contributed by atoms with E-state index in [0.29, 0.717) is 28.2 Å². The Morgan fingerprint density at radius 2 is 2.19 bits per heavy atom. The molecule has 1 aromatic carbocycles. The van der Waals surface area contributed by atoms with Crippen LogP contribution in [0.3, 0.4) is 0 Å². The van der Waals surface area contributed by atoms with Gasteiger partial charge in [-0.15, -0.1) is 0 Å². The van der Waals surface area contributed by atoms with Gasteiger partial charge < -0.3 is 15.0 Å². The van der Waals surface area contributed by atoms with E-state index in [0.717, 1.165) is 25.3 Å². The predicted octanol–water partition coefficient (Wildman–Crippen LogP) is 3.75. The van der Waals surface area contributed by atoms with Gasteiger partial charge >= 0.3 is 6.09 Å². The van der Waals surface area contributed by atoms with Crippen molar-refractivity contribution >= 4 is 29.1 Å². The van der Waals surface area contributed by atoms with Gasteiger partial charge in [0.15, 0.2) is 0 Å². The molecule has 1 aromatic rings. The number of ether oxygens (including phenoxy) is 1. The smallest absolute Gasteiger partial charge is 0.412 e. The lowest BCUT2D eigenvalue weighted by Gasteiger charge is -2.24. The molecule has 3 rings (SSSR count). The van der Waals surface area contributed by atoms with Gasteiger partial charge in [0.1, 0.15) is 5.60 Å². The van der Waals surface area contributed by atoms with Crippen LogP contribution in [0.4, 0.5) is 16.2 Å². The van der Waals surface area contributed by atoms with Gasteiger partial charge in [-0.2, -0.15) is 5.26 Å². The highest BCUT2D eigenvalue weighted by Crippen LogP contribution is 2.38. The highest BCUT2D eigenvalue weighted by molar-refractivity contribution is 6.36. The lowest BCUT2D eigenvalue weighted by molar-refractivity contribution is 0.0636. The second kappa shape index (κ2) is 7.34. The molecule has 0 bridgehead atoms. The van der Waals surface area contributed by atoms with Crippen molar-refractivity contribution in [1.29, 1.82) is 5.26 Å². The van der Waals surface area contributed by atoms with E-state index in [-0.39, 0.29) is 0 Å². The van der Waals surface area contributed by atoms with Crippen molar-refractivity contribution in [2.24, 2.45) is 5.92 Å². The number of rotatable bonds is 2. The highest BCUT2D eigenvalue weighted by Gasteiger charge is 2.35. The standard InChI is InChI=1S/C19H25ClN4O2/c1-19(2,3)26-18(25)23-14-7-12(9-21)8-16(17(14)20)24-10-13-5-4-6-22-15(13)11-24/h7-8,13,15,22H,4-6,10-11H2,1-3H3,(H,23,25)/t13-,15+/m0/s1. The Balaban J connectivity index is 1.85. The number of anilines is 2. The fourth-order valence-corrected chi connectivity index (χ4v) is 3.93. The van der Waals surface area contributed by atoms with Gasteiger partial charge in [0.05, 0.1) is 28.0 Å². The van der Waals surface area contributed by atoms with E-state index in [1.807, 2.05) is 0 Å². The first-order valence-electron chi connectivity index (χ1n) is 8.99. The summed E-state index contributed by atoms with van der Waals surface area (Å²) in [6.07, 6.45) is 1.80. The number of benzene rings is 1. The summed E-state index contributed by atoms with van der Waals surface area (Å²) in [5.74, 6) is 0.591. The highest BCUT2D eigenvalue weighted by atomic mass is 35.5. The van der Waals surface area contributed by atoms with E-state index >= 15 is 0 Å². The third-order valence-corrected chi connectivity index (χ3v) is 5.16. The second-order valence-electron chi connectivity index (χ2n) is 7.96. The van der Waals surface area contributed by atoms with Crippen molar-refractivity contribution in [3.05, 3.63) is 22.7 Å². The predicted molar refractivity (Wildman–Crippen MR) is 103 cm³/mol. The van der Waals surface area contributed by atoms with Crippen molar-refractivity contribution < 1.29 is 9.53 Å². The summed E-state index contributed by atoms with van der Waals surface area (Å²) >= 11 is 6.59. The van der Waals surface area contributed by atoms with Crippen LogP contribution in [-0.4, -0.2) is 37.4 Å². The average Bonchev–Trinajstić information content (AvgIpc) is 2.98. The van der Waals surface area contributed by atoms with E-state index < -0.39 is 11.7 Å². The number of carbonyl (C=O) groups is 1. The summed E-state index contributed by atoms with van der Waals surface area (Å²) in [6.45, 7) is 8.19. The summed E-state index contributed by atoms with van der Waals surface area (Å²) in [5.41, 5.74) is 1.03. The molecule has 2 atom stereocenters. The van der Waals surface area contributed by atoms with E-state index in [2.05, 4.69) is 21.6 Å². The molecule has 2 N–H and O–H groups in total. The largest absolute Gasteiger partial charge is 0.444 e. The van der Waals surface area contributed by atoms with E-state index in [4.69, 9.17) is 16.3 Å². The second-order valence-corrected chi connectivity index (χ2v) is 8.34. The van der Waals surface area contributed by atoms with Crippen molar-refractivity contribution in [1.82, 2.24) is 5.32 Å². The van der Waals surface area contributed by atoms with Crippen LogP contribution in [0.5, 0.6) is 0 Å². The first-order valence-corrected chi connectivity index (χ1v) is 9.36. The van der Waals surface area contributed by atoms with Crippen LogP contribution in [-0.2, 0) is 4.74 Å². The Morgan fingerprint density at radius 1 is 1.42 bits per heavy atom. The molecule has 0 spiro atoms. The molecular formula is C19H25ClN4O2. The van der Waals surface area contributed by atoms with Crippen molar-refractivity contribution in [2.45, 2.75) is 45.3 Å². The molecule has 7 heteroatoms. The van der Waals surface area contributed by atoms with Crippen LogP contribution in [0, 0.1) is 17.2 Å². The van der Waals surface area contributed by atoms with Crippen molar-refractivity contribution in [3.8, 4) is 6.07 Å². The van der Waals surface area contributed by atoms with Gasteiger partial charge in [-0.05, 0) is 58.2 Å². The zero-order valence-electron chi connectivity index (χ0n) is 15.4.